The molecule has 0 saturated heterocycles. The number of carbonyl (C=O) groups is 1. The lowest BCUT2D eigenvalue weighted by atomic mass is 10.3. The van der Waals surface area contributed by atoms with Gasteiger partial charge in [0.1, 0.15) is 5.82 Å². The van der Waals surface area contributed by atoms with E-state index < -0.39 is 11.2 Å². The van der Waals surface area contributed by atoms with E-state index in [9.17, 15) is 14.4 Å². The molecule has 9 nitrogen and oxygen atoms in total. The van der Waals surface area contributed by atoms with E-state index in [2.05, 4.69) is 9.97 Å². The molecule has 0 aliphatic heterocycles. The van der Waals surface area contributed by atoms with Crippen molar-refractivity contribution < 1.29 is 4.79 Å². The number of aromatic amines is 1. The number of anilines is 2. The van der Waals surface area contributed by atoms with Gasteiger partial charge in [-0.1, -0.05) is 42.8 Å². The standard InChI is InChI=1S/C21H25ClN6O3S/c1-3-5-10-28-18(23)17(19(30)25-20(28)31)26(4-2)16(29)13-32-21-24-9-11-27(21)15-8-6-7-14(22)12-15/h6-9,11-12H,3-5,10,13,23H2,1-2H3,(H,25,30,31). The van der Waals surface area contributed by atoms with Gasteiger partial charge in [0.25, 0.3) is 5.56 Å². The smallest absolute Gasteiger partial charge is 0.330 e. The first-order valence-electron chi connectivity index (χ1n) is 10.2. The fourth-order valence-electron chi connectivity index (χ4n) is 3.26. The number of rotatable bonds is 9. The molecule has 3 N–H and O–H groups in total. The van der Waals surface area contributed by atoms with Crippen molar-refractivity contribution in [2.45, 2.75) is 38.4 Å². The van der Waals surface area contributed by atoms with Gasteiger partial charge in [-0.3, -0.25) is 23.7 Å². The van der Waals surface area contributed by atoms with Gasteiger partial charge in [0.15, 0.2) is 10.8 Å². The van der Waals surface area contributed by atoms with Crippen LogP contribution in [0.25, 0.3) is 5.69 Å². The number of thioether (sulfide) groups is 1. The number of aromatic nitrogens is 4. The van der Waals surface area contributed by atoms with Crippen molar-refractivity contribution in [2.24, 2.45) is 0 Å². The molecule has 0 aliphatic rings. The van der Waals surface area contributed by atoms with Crippen molar-refractivity contribution in [1.29, 1.82) is 0 Å². The van der Waals surface area contributed by atoms with Crippen LogP contribution in [0.2, 0.25) is 5.02 Å². The Kier molecular flexibility index (Phi) is 7.81. The highest BCUT2D eigenvalue weighted by atomic mass is 35.5. The van der Waals surface area contributed by atoms with Gasteiger partial charge < -0.3 is 10.6 Å². The molecule has 0 saturated carbocycles. The first kappa shape index (κ1) is 23.7. The molecule has 11 heteroatoms. The van der Waals surface area contributed by atoms with Crippen LogP contribution in [0.3, 0.4) is 0 Å². The summed E-state index contributed by atoms with van der Waals surface area (Å²) < 4.78 is 3.13. The zero-order chi connectivity index (χ0) is 23.3. The van der Waals surface area contributed by atoms with Gasteiger partial charge in [-0.05, 0) is 31.5 Å². The molecule has 3 rings (SSSR count). The number of nitrogen functional groups attached to an aromatic ring is 1. The van der Waals surface area contributed by atoms with E-state index in [1.54, 1.807) is 31.5 Å². The highest BCUT2D eigenvalue weighted by Crippen LogP contribution is 2.24. The summed E-state index contributed by atoms with van der Waals surface area (Å²) in [4.78, 5) is 45.6. The second kappa shape index (κ2) is 10.6. The summed E-state index contributed by atoms with van der Waals surface area (Å²) in [5.41, 5.74) is 5.71. The number of hydrogen-bond donors (Lipinski definition) is 2. The van der Waals surface area contributed by atoms with Crippen molar-refractivity contribution in [3.63, 3.8) is 0 Å². The predicted molar refractivity (Wildman–Crippen MR) is 128 cm³/mol. The van der Waals surface area contributed by atoms with Gasteiger partial charge in [0, 0.05) is 36.2 Å². The van der Waals surface area contributed by atoms with Crippen LogP contribution in [-0.4, -0.2) is 37.3 Å². The first-order chi connectivity index (χ1) is 15.4. The van der Waals surface area contributed by atoms with E-state index in [1.807, 2.05) is 23.6 Å². The molecule has 32 heavy (non-hydrogen) atoms. The summed E-state index contributed by atoms with van der Waals surface area (Å²) in [6.07, 6.45) is 4.99. The van der Waals surface area contributed by atoms with Crippen molar-refractivity contribution in [2.75, 3.05) is 22.9 Å². The number of nitrogens with two attached hydrogens (primary N) is 1. The number of amides is 1. The highest BCUT2D eigenvalue weighted by Gasteiger charge is 2.23. The fraction of sp³-hybridized carbons (Fsp3) is 0.333. The van der Waals surface area contributed by atoms with E-state index in [0.29, 0.717) is 16.7 Å². The Morgan fingerprint density at radius 3 is 2.78 bits per heavy atom. The van der Waals surface area contributed by atoms with Crippen molar-refractivity contribution in [1.82, 2.24) is 19.1 Å². The van der Waals surface area contributed by atoms with Crippen LogP contribution in [0.1, 0.15) is 26.7 Å². The first-order valence-corrected chi connectivity index (χ1v) is 11.6. The average Bonchev–Trinajstić information content (AvgIpc) is 3.23. The topological polar surface area (TPSA) is 119 Å². The van der Waals surface area contributed by atoms with Crippen LogP contribution >= 0.6 is 23.4 Å². The van der Waals surface area contributed by atoms with Crippen LogP contribution in [0, 0.1) is 0 Å². The molecule has 0 unspecified atom stereocenters. The Labute approximate surface area is 194 Å². The lowest BCUT2D eigenvalue weighted by Gasteiger charge is -2.23. The minimum absolute atomic E-state index is 0.00664. The summed E-state index contributed by atoms with van der Waals surface area (Å²) in [6.45, 7) is 4.32. The number of halogens is 1. The third-order valence-corrected chi connectivity index (χ3v) is 6.04. The Balaban J connectivity index is 1.84. The predicted octanol–water partition coefficient (Wildman–Crippen LogP) is 2.90. The highest BCUT2D eigenvalue weighted by molar-refractivity contribution is 7.99. The van der Waals surface area contributed by atoms with E-state index in [1.165, 1.54) is 21.2 Å². The molecule has 0 bridgehead atoms. The van der Waals surface area contributed by atoms with E-state index in [-0.39, 0.29) is 29.7 Å². The minimum Gasteiger partial charge on any atom is -0.383 e. The number of unbranched alkanes of at least 4 members (excludes halogenated alkanes) is 1. The third kappa shape index (κ3) is 5.08. The maximum Gasteiger partial charge on any atom is 0.330 e. The van der Waals surface area contributed by atoms with Gasteiger partial charge >= 0.3 is 5.69 Å². The number of carbonyl (C=O) groups excluding carboxylic acids is 1. The van der Waals surface area contributed by atoms with Crippen LogP contribution < -0.4 is 21.9 Å². The summed E-state index contributed by atoms with van der Waals surface area (Å²) in [5, 5.41) is 1.19. The molecule has 1 aromatic carbocycles. The zero-order valence-corrected chi connectivity index (χ0v) is 19.4. The second-order valence-electron chi connectivity index (χ2n) is 6.98. The van der Waals surface area contributed by atoms with E-state index >= 15 is 0 Å². The molecule has 2 heterocycles. The molecular formula is C21H25ClN6O3S. The Bertz CT molecular complexity index is 1220. The number of hydrogen-bond acceptors (Lipinski definition) is 6. The molecule has 170 valence electrons. The molecule has 0 fully saturated rings. The molecule has 0 aliphatic carbocycles. The van der Waals surface area contributed by atoms with Gasteiger partial charge in [-0.15, -0.1) is 0 Å². The largest absolute Gasteiger partial charge is 0.383 e. The third-order valence-electron chi connectivity index (χ3n) is 4.85. The van der Waals surface area contributed by atoms with Gasteiger partial charge in [-0.25, -0.2) is 9.78 Å². The Morgan fingerprint density at radius 2 is 2.09 bits per heavy atom. The lowest BCUT2D eigenvalue weighted by Crippen LogP contribution is -2.41. The fourth-order valence-corrected chi connectivity index (χ4v) is 4.29. The maximum absolute atomic E-state index is 13.0. The average molecular weight is 477 g/mol. The van der Waals surface area contributed by atoms with Crippen molar-refractivity contribution >= 4 is 40.8 Å². The molecule has 0 atom stereocenters. The minimum atomic E-state index is -0.680. The van der Waals surface area contributed by atoms with Gasteiger partial charge in [0.05, 0.1) is 5.75 Å². The SMILES string of the molecule is CCCCn1c(N)c(N(CC)C(=O)CSc2nccn2-c2cccc(Cl)c2)c(=O)[nH]c1=O. The zero-order valence-electron chi connectivity index (χ0n) is 17.9. The van der Waals surface area contributed by atoms with E-state index in [0.717, 1.165) is 18.5 Å². The molecule has 0 radical (unpaired) electrons. The second-order valence-corrected chi connectivity index (χ2v) is 8.36. The number of H-pyrrole nitrogens is 1. The maximum atomic E-state index is 13.0. The van der Waals surface area contributed by atoms with Crippen molar-refractivity contribution in [3.8, 4) is 5.69 Å². The number of imidazole rings is 1. The molecule has 0 spiro atoms. The van der Waals surface area contributed by atoms with Gasteiger partial charge in [0.2, 0.25) is 5.91 Å². The summed E-state index contributed by atoms with van der Waals surface area (Å²) in [5.74, 6) is -0.304. The lowest BCUT2D eigenvalue weighted by molar-refractivity contribution is -0.116. The number of nitrogens with zero attached hydrogens (tertiary/aromatic N) is 4. The molecule has 1 amide bonds. The summed E-state index contributed by atoms with van der Waals surface area (Å²) in [6, 6.07) is 7.29. The van der Waals surface area contributed by atoms with E-state index in [4.69, 9.17) is 17.3 Å². The quantitative estimate of drug-likeness (QED) is 0.458. The van der Waals surface area contributed by atoms with Crippen molar-refractivity contribution in [3.05, 3.63) is 62.5 Å². The van der Waals surface area contributed by atoms with Crippen LogP contribution in [0.5, 0.6) is 0 Å². The summed E-state index contributed by atoms with van der Waals surface area (Å²) in [7, 11) is 0. The van der Waals surface area contributed by atoms with Crippen LogP contribution in [0.15, 0.2) is 51.4 Å². The monoisotopic (exact) mass is 476 g/mol. The molecule has 2 aromatic heterocycles. The normalized spacial score (nSPS) is 11.0. The number of nitrogens with one attached hydrogen (secondary N) is 1. The Hall–Kier alpha value is -2.98. The summed E-state index contributed by atoms with van der Waals surface area (Å²) >= 11 is 7.31. The molecule has 3 aromatic rings. The molecular weight excluding hydrogens is 452 g/mol. The van der Waals surface area contributed by atoms with Crippen LogP contribution in [0.4, 0.5) is 11.5 Å². The van der Waals surface area contributed by atoms with Gasteiger partial charge in [-0.2, -0.15) is 0 Å². The number of benzene rings is 1. The van der Waals surface area contributed by atoms with Crippen LogP contribution in [-0.2, 0) is 11.3 Å². The Morgan fingerprint density at radius 1 is 1.31 bits per heavy atom.